The van der Waals surface area contributed by atoms with Crippen LogP contribution in [0.2, 0.25) is 0 Å². The van der Waals surface area contributed by atoms with Gasteiger partial charge in [0.05, 0.1) is 0 Å². The Morgan fingerprint density at radius 1 is 1.33 bits per heavy atom. The number of nitrogens with zero attached hydrogens (tertiary/aromatic N) is 1. The molecule has 1 aliphatic rings. The Hall–Kier alpha value is -0.0800. The van der Waals surface area contributed by atoms with Crippen molar-refractivity contribution in [3.63, 3.8) is 0 Å². The Kier molecular flexibility index (Phi) is 4.60. The van der Waals surface area contributed by atoms with Gasteiger partial charge in [0.2, 0.25) is 0 Å². The molecule has 0 amide bonds. The fourth-order valence-electron chi connectivity index (χ4n) is 2.94. The molecule has 0 spiro atoms. The molecule has 90 valence electrons. The molecule has 15 heavy (non-hydrogen) atoms. The molecule has 0 aromatic carbocycles. The predicted molar refractivity (Wildman–Crippen MR) is 66.9 cm³/mol. The molecular weight excluding hydrogens is 184 g/mol. The van der Waals surface area contributed by atoms with Crippen LogP contribution >= 0.6 is 0 Å². The molecule has 2 nitrogen and oxygen atoms in total. The van der Waals surface area contributed by atoms with Gasteiger partial charge in [0, 0.05) is 24.7 Å². The van der Waals surface area contributed by atoms with Crippen LogP contribution < -0.4 is 5.73 Å². The van der Waals surface area contributed by atoms with Gasteiger partial charge in [-0.1, -0.05) is 20.3 Å². The van der Waals surface area contributed by atoms with E-state index in [4.69, 9.17) is 5.73 Å². The molecular formula is C13H28N2. The van der Waals surface area contributed by atoms with E-state index >= 15 is 0 Å². The number of piperidine rings is 1. The maximum absolute atomic E-state index is 5.99. The lowest BCUT2D eigenvalue weighted by Gasteiger charge is -2.48. The Bertz CT molecular complexity index is 193. The van der Waals surface area contributed by atoms with Crippen molar-refractivity contribution in [1.29, 1.82) is 0 Å². The van der Waals surface area contributed by atoms with E-state index in [9.17, 15) is 0 Å². The van der Waals surface area contributed by atoms with E-state index in [-0.39, 0.29) is 5.54 Å². The monoisotopic (exact) mass is 212 g/mol. The lowest BCUT2D eigenvalue weighted by Crippen LogP contribution is -2.58. The topological polar surface area (TPSA) is 29.3 Å². The summed E-state index contributed by atoms with van der Waals surface area (Å²) < 4.78 is 0. The highest BCUT2D eigenvalue weighted by molar-refractivity contribution is 4.92. The van der Waals surface area contributed by atoms with Gasteiger partial charge in [-0.25, -0.2) is 0 Å². The quantitative estimate of drug-likeness (QED) is 0.776. The van der Waals surface area contributed by atoms with Crippen molar-refractivity contribution >= 4 is 0 Å². The molecule has 0 aromatic heterocycles. The average molecular weight is 212 g/mol. The number of hydrogen-bond donors (Lipinski definition) is 1. The largest absolute Gasteiger partial charge is 0.329 e. The van der Waals surface area contributed by atoms with E-state index < -0.39 is 0 Å². The fraction of sp³-hybridized carbons (Fsp3) is 1.00. The Labute approximate surface area is 95.2 Å². The van der Waals surface area contributed by atoms with Crippen LogP contribution in [0.1, 0.15) is 53.4 Å². The zero-order chi connectivity index (χ0) is 11.5. The standard InChI is InChI=1S/C13H28N2/c1-5-8-13(4,10-14)15-9-11(2)6-7-12(15)3/h11-12H,5-10,14H2,1-4H3. The molecule has 3 atom stereocenters. The molecule has 2 N–H and O–H groups in total. The minimum absolute atomic E-state index is 0.225. The van der Waals surface area contributed by atoms with Crippen LogP contribution in [0.3, 0.4) is 0 Å². The second-order valence-electron chi connectivity index (χ2n) is 5.63. The molecule has 2 heteroatoms. The van der Waals surface area contributed by atoms with Crippen LogP contribution in [-0.4, -0.2) is 29.6 Å². The molecule has 0 radical (unpaired) electrons. The molecule has 1 aliphatic heterocycles. The van der Waals surface area contributed by atoms with Crippen LogP contribution in [0.25, 0.3) is 0 Å². The van der Waals surface area contributed by atoms with Crippen molar-refractivity contribution in [2.45, 2.75) is 65.0 Å². The molecule has 0 bridgehead atoms. The first kappa shape index (κ1) is 13.0. The van der Waals surface area contributed by atoms with Gasteiger partial charge in [-0.15, -0.1) is 0 Å². The van der Waals surface area contributed by atoms with Crippen LogP contribution in [0, 0.1) is 5.92 Å². The third kappa shape index (κ3) is 2.94. The summed E-state index contributed by atoms with van der Waals surface area (Å²) in [6, 6.07) is 0.710. The van der Waals surface area contributed by atoms with Crippen LogP contribution in [0.5, 0.6) is 0 Å². The summed E-state index contributed by atoms with van der Waals surface area (Å²) in [5, 5.41) is 0. The van der Waals surface area contributed by atoms with Crippen molar-refractivity contribution in [3.05, 3.63) is 0 Å². The summed E-state index contributed by atoms with van der Waals surface area (Å²) >= 11 is 0. The molecule has 1 rings (SSSR count). The molecule has 0 saturated carbocycles. The van der Waals surface area contributed by atoms with E-state index in [1.807, 2.05) is 0 Å². The minimum atomic E-state index is 0.225. The number of rotatable bonds is 4. The highest BCUT2D eigenvalue weighted by atomic mass is 15.2. The van der Waals surface area contributed by atoms with Crippen LogP contribution in [-0.2, 0) is 0 Å². The van der Waals surface area contributed by atoms with E-state index in [1.54, 1.807) is 0 Å². The normalized spacial score (nSPS) is 32.6. The summed E-state index contributed by atoms with van der Waals surface area (Å²) in [4.78, 5) is 2.66. The van der Waals surface area contributed by atoms with Gasteiger partial charge in [-0.2, -0.15) is 0 Å². The summed E-state index contributed by atoms with van der Waals surface area (Å²) in [6.07, 6.45) is 5.16. The van der Waals surface area contributed by atoms with Gasteiger partial charge in [0.25, 0.3) is 0 Å². The molecule has 0 aliphatic carbocycles. The van der Waals surface area contributed by atoms with Gasteiger partial charge < -0.3 is 5.73 Å². The lowest BCUT2D eigenvalue weighted by atomic mass is 9.86. The second kappa shape index (κ2) is 5.31. The summed E-state index contributed by atoms with van der Waals surface area (Å²) in [7, 11) is 0. The second-order valence-corrected chi connectivity index (χ2v) is 5.63. The minimum Gasteiger partial charge on any atom is -0.329 e. The van der Waals surface area contributed by atoms with Gasteiger partial charge in [-0.3, -0.25) is 4.90 Å². The highest BCUT2D eigenvalue weighted by Crippen LogP contribution is 2.30. The van der Waals surface area contributed by atoms with Crippen LogP contribution in [0.15, 0.2) is 0 Å². The summed E-state index contributed by atoms with van der Waals surface area (Å²) in [6.45, 7) is 11.3. The summed E-state index contributed by atoms with van der Waals surface area (Å²) in [5.41, 5.74) is 6.21. The number of hydrogen-bond acceptors (Lipinski definition) is 2. The zero-order valence-electron chi connectivity index (χ0n) is 10.9. The third-order valence-corrected chi connectivity index (χ3v) is 4.04. The maximum Gasteiger partial charge on any atom is 0.0306 e. The SMILES string of the molecule is CCCC(C)(CN)N1CC(C)CCC1C. The van der Waals surface area contributed by atoms with Crippen molar-refractivity contribution in [3.8, 4) is 0 Å². The Morgan fingerprint density at radius 3 is 2.53 bits per heavy atom. The first-order valence-electron chi connectivity index (χ1n) is 6.50. The van der Waals surface area contributed by atoms with Gasteiger partial charge in [-0.05, 0) is 39.0 Å². The van der Waals surface area contributed by atoms with E-state index in [0.29, 0.717) is 6.04 Å². The van der Waals surface area contributed by atoms with Crippen molar-refractivity contribution < 1.29 is 0 Å². The zero-order valence-corrected chi connectivity index (χ0v) is 10.9. The molecule has 3 unspecified atom stereocenters. The Balaban J connectivity index is 2.72. The van der Waals surface area contributed by atoms with E-state index in [0.717, 1.165) is 12.5 Å². The van der Waals surface area contributed by atoms with E-state index in [2.05, 4.69) is 32.6 Å². The average Bonchev–Trinajstić information content (AvgIpc) is 2.22. The smallest absolute Gasteiger partial charge is 0.0306 e. The van der Waals surface area contributed by atoms with Crippen LogP contribution in [0.4, 0.5) is 0 Å². The molecule has 1 heterocycles. The highest BCUT2D eigenvalue weighted by Gasteiger charge is 2.35. The number of likely N-dealkylation sites (tertiary alicyclic amines) is 1. The number of nitrogens with two attached hydrogens (primary N) is 1. The fourth-order valence-corrected chi connectivity index (χ4v) is 2.94. The van der Waals surface area contributed by atoms with Crippen molar-refractivity contribution in [1.82, 2.24) is 4.90 Å². The van der Waals surface area contributed by atoms with Gasteiger partial charge >= 0.3 is 0 Å². The third-order valence-electron chi connectivity index (χ3n) is 4.04. The van der Waals surface area contributed by atoms with Crippen molar-refractivity contribution in [2.24, 2.45) is 11.7 Å². The lowest BCUT2D eigenvalue weighted by molar-refractivity contribution is 0.0154. The first-order chi connectivity index (χ1) is 7.03. The first-order valence-corrected chi connectivity index (χ1v) is 6.50. The van der Waals surface area contributed by atoms with Crippen molar-refractivity contribution in [2.75, 3.05) is 13.1 Å². The maximum atomic E-state index is 5.99. The Morgan fingerprint density at radius 2 is 2.00 bits per heavy atom. The van der Waals surface area contributed by atoms with E-state index in [1.165, 1.54) is 32.2 Å². The molecule has 1 fully saturated rings. The molecule has 1 saturated heterocycles. The van der Waals surface area contributed by atoms with Gasteiger partial charge in [0.1, 0.15) is 0 Å². The predicted octanol–water partition coefficient (Wildman–Crippen LogP) is 2.62. The summed E-state index contributed by atoms with van der Waals surface area (Å²) in [5.74, 6) is 0.837. The molecule has 0 aromatic rings. The van der Waals surface area contributed by atoms with Gasteiger partial charge in [0.15, 0.2) is 0 Å².